The summed E-state index contributed by atoms with van der Waals surface area (Å²) in [6, 6.07) is 0. The molecule has 244 valence electrons. The lowest BCUT2D eigenvalue weighted by molar-refractivity contribution is -0.154. The van der Waals surface area contributed by atoms with Gasteiger partial charge in [0.2, 0.25) is 0 Å². The van der Waals surface area contributed by atoms with Crippen molar-refractivity contribution in [2.24, 2.45) is 0 Å². The Morgan fingerprint density at radius 2 is 1.05 bits per heavy atom. The molecule has 0 saturated carbocycles. The Kier molecular flexibility index (Phi) is 34.1. The minimum atomic E-state index is -0.546. The normalized spacial score (nSPS) is 12.9. The lowest BCUT2D eigenvalue weighted by Gasteiger charge is -2.15. The van der Waals surface area contributed by atoms with Crippen molar-refractivity contribution in [3.05, 3.63) is 48.6 Å². The van der Waals surface area contributed by atoms with Crippen LogP contribution in [0.25, 0.3) is 0 Å². The highest BCUT2D eigenvalue weighted by molar-refractivity contribution is 5.69. The van der Waals surface area contributed by atoms with Crippen molar-refractivity contribution in [3.8, 4) is 0 Å². The number of carbonyl (C=O) groups excluding carboxylic acids is 1. The Morgan fingerprint density at radius 3 is 1.57 bits per heavy atom. The van der Waals surface area contributed by atoms with E-state index in [1.54, 1.807) is 0 Å². The lowest BCUT2D eigenvalue weighted by atomic mass is 10.1. The van der Waals surface area contributed by atoms with Crippen LogP contribution in [0.3, 0.4) is 0 Å². The van der Waals surface area contributed by atoms with Crippen molar-refractivity contribution in [1.82, 2.24) is 0 Å². The molecule has 0 spiro atoms. The number of aliphatic hydroxyl groups is 1. The van der Waals surface area contributed by atoms with Crippen LogP contribution >= 0.6 is 0 Å². The second-order valence-corrected chi connectivity index (χ2v) is 11.6. The molecule has 0 aromatic heterocycles. The summed E-state index contributed by atoms with van der Waals surface area (Å²) in [5.74, 6) is -0.221. The van der Waals surface area contributed by atoms with E-state index >= 15 is 0 Å². The maximum absolute atomic E-state index is 12.1. The van der Waals surface area contributed by atoms with E-state index in [9.17, 15) is 9.90 Å². The summed E-state index contributed by atoms with van der Waals surface area (Å²) in [6.45, 7) is 5.22. The van der Waals surface area contributed by atoms with Crippen LogP contribution in [0, 0.1) is 0 Å². The molecule has 0 aliphatic rings. The summed E-state index contributed by atoms with van der Waals surface area (Å²) in [6.07, 6.45) is 44.3. The van der Waals surface area contributed by atoms with Gasteiger partial charge in [-0.1, -0.05) is 133 Å². The van der Waals surface area contributed by atoms with Crippen molar-refractivity contribution in [1.29, 1.82) is 0 Å². The first kappa shape index (κ1) is 40.4. The van der Waals surface area contributed by atoms with Gasteiger partial charge in [0, 0.05) is 13.0 Å². The Bertz CT molecular complexity index is 664. The fraction of sp³-hybridized carbons (Fsp3) is 0.763. The van der Waals surface area contributed by atoms with Crippen LogP contribution < -0.4 is 0 Å². The fourth-order valence-electron chi connectivity index (χ4n) is 4.69. The third-order valence-electron chi connectivity index (χ3n) is 7.36. The minimum Gasteiger partial charge on any atom is -0.457 e. The van der Waals surface area contributed by atoms with Gasteiger partial charge in [-0.05, 0) is 70.6 Å². The summed E-state index contributed by atoms with van der Waals surface area (Å²) >= 11 is 0. The summed E-state index contributed by atoms with van der Waals surface area (Å²) in [5, 5.41) is 9.54. The van der Waals surface area contributed by atoms with Gasteiger partial charge < -0.3 is 14.6 Å². The molecule has 4 nitrogen and oxygen atoms in total. The quantitative estimate of drug-likeness (QED) is 0.0482. The molecular weight excluding hydrogens is 520 g/mol. The maximum Gasteiger partial charge on any atom is 0.306 e. The van der Waals surface area contributed by atoms with Gasteiger partial charge in [-0.2, -0.15) is 0 Å². The van der Waals surface area contributed by atoms with Crippen LogP contribution in [-0.4, -0.2) is 37.0 Å². The number of unbranched alkanes of at least 4 members (excludes halogenated alkanes) is 16. The van der Waals surface area contributed by atoms with E-state index in [2.05, 4.69) is 62.5 Å². The number of aliphatic hydroxyl groups excluding tert-OH is 1. The molecule has 0 heterocycles. The largest absolute Gasteiger partial charge is 0.457 e. The number of esters is 1. The molecule has 1 unspecified atom stereocenters. The van der Waals surface area contributed by atoms with E-state index in [0.29, 0.717) is 13.0 Å². The fourth-order valence-corrected chi connectivity index (χ4v) is 4.69. The number of hydrogen-bond donors (Lipinski definition) is 1. The predicted molar refractivity (Wildman–Crippen MR) is 182 cm³/mol. The average Bonchev–Trinajstić information content (AvgIpc) is 3.00. The maximum atomic E-state index is 12.1. The highest BCUT2D eigenvalue weighted by Crippen LogP contribution is 2.11. The van der Waals surface area contributed by atoms with Gasteiger partial charge in [0.15, 0.2) is 0 Å². The molecule has 0 radical (unpaired) electrons. The zero-order valence-corrected chi connectivity index (χ0v) is 27.8. The van der Waals surface area contributed by atoms with E-state index < -0.39 is 6.10 Å². The second-order valence-electron chi connectivity index (χ2n) is 11.6. The van der Waals surface area contributed by atoms with Gasteiger partial charge in [-0.15, -0.1) is 0 Å². The molecular formula is C38H68O4. The van der Waals surface area contributed by atoms with Crippen LogP contribution in [0.15, 0.2) is 48.6 Å². The van der Waals surface area contributed by atoms with Gasteiger partial charge in [-0.3, -0.25) is 4.79 Å². The van der Waals surface area contributed by atoms with Crippen LogP contribution in [-0.2, 0) is 14.3 Å². The molecule has 0 aliphatic heterocycles. The van der Waals surface area contributed by atoms with Crippen LogP contribution in [0.1, 0.15) is 162 Å². The Hall–Kier alpha value is -1.65. The Balaban J connectivity index is 3.51. The standard InChI is InChI=1S/C38H68O4/c1-3-5-7-9-11-13-15-17-19-20-21-23-25-27-29-31-33-38(40)42-37(35-39)36-41-34-32-30-28-26-24-22-18-16-14-12-10-8-6-4-2/h8,10,13-16,19-20,37,39H,3-7,9,11-12,17-18,21-36H2,1-2H3/b10-8-,15-13-,16-14-,20-19-. The molecule has 1 N–H and O–H groups in total. The Labute approximate surface area is 261 Å². The molecule has 0 bridgehead atoms. The number of carbonyl (C=O) groups is 1. The molecule has 0 rings (SSSR count). The molecule has 0 aliphatic carbocycles. The molecule has 1 atom stereocenters. The van der Waals surface area contributed by atoms with Crippen molar-refractivity contribution >= 4 is 5.97 Å². The van der Waals surface area contributed by atoms with Gasteiger partial charge in [0.1, 0.15) is 6.10 Å². The topological polar surface area (TPSA) is 55.8 Å². The average molecular weight is 589 g/mol. The molecule has 0 fully saturated rings. The van der Waals surface area contributed by atoms with Crippen molar-refractivity contribution in [2.75, 3.05) is 19.8 Å². The zero-order chi connectivity index (χ0) is 30.6. The smallest absolute Gasteiger partial charge is 0.306 e. The highest BCUT2D eigenvalue weighted by atomic mass is 16.6. The molecule has 42 heavy (non-hydrogen) atoms. The first-order valence-electron chi connectivity index (χ1n) is 17.7. The SMILES string of the molecule is CCC/C=C\C/C=C\CCCCCCCCOCC(CO)OC(=O)CCCCCCC/C=C\C/C=C\CCCCCC. The predicted octanol–water partition coefficient (Wildman–Crippen LogP) is 11.1. The van der Waals surface area contributed by atoms with Gasteiger partial charge >= 0.3 is 5.97 Å². The summed E-state index contributed by atoms with van der Waals surface area (Å²) in [5.41, 5.74) is 0. The van der Waals surface area contributed by atoms with Gasteiger partial charge in [0.25, 0.3) is 0 Å². The zero-order valence-electron chi connectivity index (χ0n) is 27.8. The first-order valence-corrected chi connectivity index (χ1v) is 17.7. The molecule has 0 saturated heterocycles. The summed E-state index contributed by atoms with van der Waals surface area (Å²) in [7, 11) is 0. The minimum absolute atomic E-state index is 0.183. The van der Waals surface area contributed by atoms with Crippen molar-refractivity contribution < 1.29 is 19.4 Å². The first-order chi connectivity index (χ1) is 20.7. The van der Waals surface area contributed by atoms with E-state index in [1.807, 2.05) is 0 Å². The number of rotatable bonds is 32. The molecule has 0 aromatic carbocycles. The van der Waals surface area contributed by atoms with Crippen LogP contribution in [0.5, 0.6) is 0 Å². The van der Waals surface area contributed by atoms with E-state index in [1.165, 1.54) is 89.9 Å². The number of ether oxygens (including phenoxy) is 2. The summed E-state index contributed by atoms with van der Waals surface area (Å²) in [4.78, 5) is 12.1. The third kappa shape index (κ3) is 32.9. The van der Waals surface area contributed by atoms with Crippen molar-refractivity contribution in [3.63, 3.8) is 0 Å². The molecule has 0 aromatic rings. The summed E-state index contributed by atoms with van der Waals surface area (Å²) < 4.78 is 11.1. The van der Waals surface area contributed by atoms with E-state index in [-0.39, 0.29) is 19.2 Å². The lowest BCUT2D eigenvalue weighted by Crippen LogP contribution is -2.27. The van der Waals surface area contributed by atoms with Gasteiger partial charge in [0.05, 0.1) is 13.2 Å². The highest BCUT2D eigenvalue weighted by Gasteiger charge is 2.13. The van der Waals surface area contributed by atoms with Crippen LogP contribution in [0.2, 0.25) is 0 Å². The second kappa shape index (κ2) is 35.5. The molecule has 0 amide bonds. The Morgan fingerprint density at radius 1 is 0.571 bits per heavy atom. The third-order valence-corrected chi connectivity index (χ3v) is 7.36. The number of allylic oxidation sites excluding steroid dienone is 8. The van der Waals surface area contributed by atoms with E-state index in [0.717, 1.165) is 51.4 Å². The van der Waals surface area contributed by atoms with Crippen LogP contribution in [0.4, 0.5) is 0 Å². The molecule has 4 heteroatoms. The van der Waals surface area contributed by atoms with E-state index in [4.69, 9.17) is 9.47 Å². The number of hydrogen-bond acceptors (Lipinski definition) is 4. The monoisotopic (exact) mass is 589 g/mol. The van der Waals surface area contributed by atoms with Gasteiger partial charge in [-0.25, -0.2) is 0 Å². The van der Waals surface area contributed by atoms with Crippen molar-refractivity contribution in [2.45, 2.75) is 168 Å².